The molecular formula is C10H18O3. The van der Waals surface area contributed by atoms with Crippen molar-refractivity contribution in [2.75, 3.05) is 0 Å². The van der Waals surface area contributed by atoms with E-state index in [0.717, 1.165) is 6.29 Å². The van der Waals surface area contributed by atoms with Gasteiger partial charge in [-0.25, -0.2) is 0 Å². The second kappa shape index (κ2) is 3.07. The first-order valence-electron chi connectivity index (χ1n) is 4.68. The Hall–Kier alpha value is -0.410. The summed E-state index contributed by atoms with van der Waals surface area (Å²) in [4.78, 5) is 10.4. The number of aliphatic hydroxyl groups excluding tert-OH is 1. The summed E-state index contributed by atoms with van der Waals surface area (Å²) < 4.78 is 0. The molecule has 1 rings (SSSR count). The number of hydrogen-bond donors (Lipinski definition) is 2. The first-order chi connectivity index (χ1) is 5.84. The van der Waals surface area contributed by atoms with E-state index in [1.807, 2.05) is 13.8 Å². The molecule has 2 unspecified atom stereocenters. The largest absolute Gasteiger partial charge is 0.390 e. The van der Waals surface area contributed by atoms with E-state index in [4.69, 9.17) is 0 Å². The van der Waals surface area contributed by atoms with Crippen LogP contribution in [0, 0.1) is 11.3 Å². The highest BCUT2D eigenvalue weighted by atomic mass is 16.3. The van der Waals surface area contributed by atoms with Crippen LogP contribution in [0.3, 0.4) is 0 Å². The van der Waals surface area contributed by atoms with E-state index in [9.17, 15) is 15.0 Å². The molecule has 13 heavy (non-hydrogen) atoms. The van der Waals surface area contributed by atoms with Crippen LogP contribution in [0.15, 0.2) is 0 Å². The molecule has 3 heteroatoms. The third-order valence-corrected chi connectivity index (χ3v) is 3.86. The van der Waals surface area contributed by atoms with E-state index in [1.54, 1.807) is 6.92 Å². The zero-order valence-electron chi connectivity index (χ0n) is 8.45. The maximum absolute atomic E-state index is 10.4. The quantitative estimate of drug-likeness (QED) is 0.625. The highest BCUT2D eigenvalue weighted by Gasteiger charge is 2.55. The molecule has 76 valence electrons. The second-order valence-corrected chi connectivity index (χ2v) is 4.72. The van der Waals surface area contributed by atoms with Crippen LogP contribution in [-0.2, 0) is 4.79 Å². The zero-order chi connectivity index (χ0) is 10.3. The summed E-state index contributed by atoms with van der Waals surface area (Å²) in [5.41, 5.74) is -1.48. The number of hydrogen-bond acceptors (Lipinski definition) is 3. The average Bonchev–Trinajstić information content (AvgIpc) is 2.14. The predicted octanol–water partition coefficient (Wildman–Crippen LogP) is 0.733. The number of aldehydes is 1. The Morgan fingerprint density at radius 2 is 2.00 bits per heavy atom. The fourth-order valence-corrected chi connectivity index (χ4v) is 2.14. The van der Waals surface area contributed by atoms with Crippen LogP contribution in [0.1, 0.15) is 33.6 Å². The molecule has 0 amide bonds. The molecule has 1 fully saturated rings. The molecule has 1 aliphatic rings. The lowest BCUT2D eigenvalue weighted by Gasteiger charge is -2.38. The minimum absolute atomic E-state index is 0.0787. The minimum Gasteiger partial charge on any atom is -0.390 e. The van der Waals surface area contributed by atoms with Crippen molar-refractivity contribution in [2.24, 2.45) is 11.3 Å². The van der Waals surface area contributed by atoms with Gasteiger partial charge in [-0.1, -0.05) is 13.8 Å². The molecule has 0 bridgehead atoms. The first kappa shape index (κ1) is 10.7. The minimum atomic E-state index is -1.08. The Labute approximate surface area is 78.8 Å². The third-order valence-electron chi connectivity index (χ3n) is 3.86. The van der Waals surface area contributed by atoms with Gasteiger partial charge in [0, 0.05) is 6.42 Å². The molecule has 0 radical (unpaired) electrons. The van der Waals surface area contributed by atoms with Gasteiger partial charge in [0.15, 0.2) is 0 Å². The van der Waals surface area contributed by atoms with E-state index in [-0.39, 0.29) is 5.92 Å². The lowest BCUT2D eigenvalue weighted by atomic mass is 9.72. The van der Waals surface area contributed by atoms with Gasteiger partial charge in [0.05, 0.1) is 11.7 Å². The van der Waals surface area contributed by atoms with Crippen molar-refractivity contribution in [2.45, 2.75) is 45.3 Å². The molecule has 0 aromatic heterocycles. The molecule has 1 saturated carbocycles. The lowest BCUT2D eigenvalue weighted by molar-refractivity contribution is -0.113. The van der Waals surface area contributed by atoms with E-state index in [1.165, 1.54) is 0 Å². The standard InChI is InChI=1S/C10H18O3/c1-9(2)7(4-5-11)6-8(12)10(9,3)13/h5,7-8,12-13H,4,6H2,1-3H3/t7-,8?,10?/m0/s1. The van der Waals surface area contributed by atoms with Gasteiger partial charge in [-0.2, -0.15) is 0 Å². The molecule has 3 atom stereocenters. The maximum atomic E-state index is 10.4. The molecule has 1 aliphatic carbocycles. The summed E-state index contributed by atoms with van der Waals surface area (Å²) in [5.74, 6) is 0.0787. The van der Waals surface area contributed by atoms with Gasteiger partial charge in [0.2, 0.25) is 0 Å². The average molecular weight is 186 g/mol. The van der Waals surface area contributed by atoms with Crippen LogP contribution in [0.5, 0.6) is 0 Å². The van der Waals surface area contributed by atoms with E-state index in [0.29, 0.717) is 12.8 Å². The van der Waals surface area contributed by atoms with Gasteiger partial charge in [0.25, 0.3) is 0 Å². The van der Waals surface area contributed by atoms with Crippen molar-refractivity contribution in [1.82, 2.24) is 0 Å². The van der Waals surface area contributed by atoms with Crippen LogP contribution in [-0.4, -0.2) is 28.2 Å². The number of rotatable bonds is 2. The van der Waals surface area contributed by atoms with E-state index >= 15 is 0 Å². The van der Waals surface area contributed by atoms with E-state index in [2.05, 4.69) is 0 Å². The summed E-state index contributed by atoms with van der Waals surface area (Å²) in [5, 5.41) is 19.6. The topological polar surface area (TPSA) is 57.5 Å². The summed E-state index contributed by atoms with van der Waals surface area (Å²) in [7, 11) is 0. The maximum Gasteiger partial charge on any atom is 0.120 e. The van der Waals surface area contributed by atoms with Crippen molar-refractivity contribution < 1.29 is 15.0 Å². The number of aliphatic hydroxyl groups is 2. The smallest absolute Gasteiger partial charge is 0.120 e. The van der Waals surface area contributed by atoms with Crippen molar-refractivity contribution >= 4 is 6.29 Å². The molecule has 2 N–H and O–H groups in total. The Morgan fingerprint density at radius 3 is 2.31 bits per heavy atom. The van der Waals surface area contributed by atoms with Crippen molar-refractivity contribution in [3.05, 3.63) is 0 Å². The van der Waals surface area contributed by atoms with Gasteiger partial charge >= 0.3 is 0 Å². The Morgan fingerprint density at radius 1 is 1.46 bits per heavy atom. The Balaban J connectivity index is 2.89. The summed E-state index contributed by atoms with van der Waals surface area (Å²) in [6.45, 7) is 5.44. The summed E-state index contributed by atoms with van der Waals surface area (Å²) in [6.07, 6.45) is 1.08. The Kier molecular flexibility index (Phi) is 2.52. The normalized spacial score (nSPS) is 43.5. The van der Waals surface area contributed by atoms with Crippen LogP contribution in [0.25, 0.3) is 0 Å². The fourth-order valence-electron chi connectivity index (χ4n) is 2.14. The van der Waals surface area contributed by atoms with Gasteiger partial charge in [0.1, 0.15) is 6.29 Å². The molecule has 0 aromatic carbocycles. The SMILES string of the molecule is CC1(O)C(O)C[C@H](CC=O)C1(C)C. The van der Waals surface area contributed by atoms with Gasteiger partial charge < -0.3 is 15.0 Å². The highest BCUT2D eigenvalue weighted by molar-refractivity contribution is 5.50. The summed E-state index contributed by atoms with van der Waals surface area (Å²) >= 11 is 0. The fraction of sp³-hybridized carbons (Fsp3) is 0.900. The molecule has 0 saturated heterocycles. The van der Waals surface area contributed by atoms with Crippen LogP contribution < -0.4 is 0 Å². The van der Waals surface area contributed by atoms with Crippen LogP contribution in [0.4, 0.5) is 0 Å². The van der Waals surface area contributed by atoms with Gasteiger partial charge in [-0.05, 0) is 24.7 Å². The number of carbonyl (C=O) groups excluding carboxylic acids is 1. The van der Waals surface area contributed by atoms with Gasteiger partial charge in [-0.3, -0.25) is 0 Å². The number of carbonyl (C=O) groups is 1. The molecule has 0 aromatic rings. The first-order valence-corrected chi connectivity index (χ1v) is 4.68. The molecular weight excluding hydrogens is 168 g/mol. The highest BCUT2D eigenvalue weighted by Crippen LogP contribution is 2.50. The van der Waals surface area contributed by atoms with Crippen LogP contribution >= 0.6 is 0 Å². The molecule has 0 heterocycles. The van der Waals surface area contributed by atoms with Crippen molar-refractivity contribution in [1.29, 1.82) is 0 Å². The van der Waals surface area contributed by atoms with Crippen molar-refractivity contribution in [3.63, 3.8) is 0 Å². The van der Waals surface area contributed by atoms with Gasteiger partial charge in [-0.15, -0.1) is 0 Å². The second-order valence-electron chi connectivity index (χ2n) is 4.72. The monoisotopic (exact) mass is 186 g/mol. The Bertz CT molecular complexity index is 208. The molecule has 0 aliphatic heterocycles. The molecule has 3 nitrogen and oxygen atoms in total. The third kappa shape index (κ3) is 1.40. The zero-order valence-corrected chi connectivity index (χ0v) is 8.45. The molecule has 0 spiro atoms. The predicted molar refractivity (Wildman–Crippen MR) is 49.2 cm³/mol. The van der Waals surface area contributed by atoms with E-state index < -0.39 is 17.1 Å². The lowest BCUT2D eigenvalue weighted by Crippen LogP contribution is -2.46. The van der Waals surface area contributed by atoms with Crippen molar-refractivity contribution in [3.8, 4) is 0 Å². The summed E-state index contributed by atoms with van der Waals surface area (Å²) in [6, 6.07) is 0. The van der Waals surface area contributed by atoms with Crippen LogP contribution in [0.2, 0.25) is 0 Å².